The van der Waals surface area contributed by atoms with E-state index in [1.807, 2.05) is 50.2 Å². The first kappa shape index (κ1) is 13.1. The van der Waals surface area contributed by atoms with Crippen LogP contribution in [0.5, 0.6) is 0 Å². The number of halogens is 1. The lowest BCUT2D eigenvalue weighted by Crippen LogP contribution is -2.12. The molecule has 0 aliphatic carbocycles. The van der Waals surface area contributed by atoms with Crippen molar-refractivity contribution in [2.75, 3.05) is 5.32 Å². The van der Waals surface area contributed by atoms with Crippen LogP contribution >= 0.6 is 22.6 Å². The van der Waals surface area contributed by atoms with Gasteiger partial charge in [0, 0.05) is 14.8 Å². The molecule has 1 N–H and O–H groups in total. The second kappa shape index (κ2) is 5.52. The van der Waals surface area contributed by atoms with Gasteiger partial charge in [0.2, 0.25) is 0 Å². The van der Waals surface area contributed by atoms with Gasteiger partial charge in [0.25, 0.3) is 5.91 Å². The number of nitrogens with one attached hydrogen (secondary N) is 1. The summed E-state index contributed by atoms with van der Waals surface area (Å²) >= 11 is 2.20. The Kier molecular flexibility index (Phi) is 4.01. The van der Waals surface area contributed by atoms with Crippen molar-refractivity contribution in [3.63, 3.8) is 0 Å². The van der Waals surface area contributed by atoms with Crippen molar-refractivity contribution in [1.82, 2.24) is 0 Å². The molecule has 0 unspecified atom stereocenters. The van der Waals surface area contributed by atoms with E-state index in [1.165, 1.54) is 5.56 Å². The van der Waals surface area contributed by atoms with Gasteiger partial charge in [-0.25, -0.2) is 0 Å². The zero-order valence-electron chi connectivity index (χ0n) is 10.3. The minimum Gasteiger partial charge on any atom is -0.322 e. The molecule has 2 rings (SSSR count). The highest BCUT2D eigenvalue weighted by atomic mass is 127. The third kappa shape index (κ3) is 3.10. The highest BCUT2D eigenvalue weighted by molar-refractivity contribution is 14.1. The molecule has 0 radical (unpaired) electrons. The molecule has 92 valence electrons. The summed E-state index contributed by atoms with van der Waals surface area (Å²) in [5.41, 5.74) is 3.82. The Morgan fingerprint density at radius 3 is 2.56 bits per heavy atom. The second-order valence-electron chi connectivity index (χ2n) is 4.28. The van der Waals surface area contributed by atoms with E-state index in [9.17, 15) is 4.79 Å². The van der Waals surface area contributed by atoms with Crippen LogP contribution in [0.2, 0.25) is 0 Å². The number of carbonyl (C=O) groups excluding carboxylic acids is 1. The number of amides is 1. The van der Waals surface area contributed by atoms with Crippen LogP contribution in [0.25, 0.3) is 0 Å². The van der Waals surface area contributed by atoms with Crippen LogP contribution in [0.4, 0.5) is 5.69 Å². The van der Waals surface area contributed by atoms with Gasteiger partial charge in [-0.2, -0.15) is 0 Å². The van der Waals surface area contributed by atoms with Crippen LogP contribution in [0.15, 0.2) is 42.5 Å². The van der Waals surface area contributed by atoms with Crippen molar-refractivity contribution >= 4 is 34.2 Å². The lowest BCUT2D eigenvalue weighted by Gasteiger charge is -2.09. The van der Waals surface area contributed by atoms with Gasteiger partial charge in [0.1, 0.15) is 0 Å². The number of anilines is 1. The molecular formula is C15H14INO. The van der Waals surface area contributed by atoms with Crippen molar-refractivity contribution < 1.29 is 4.79 Å². The first-order valence-electron chi connectivity index (χ1n) is 5.70. The average Bonchev–Trinajstić information content (AvgIpc) is 2.32. The van der Waals surface area contributed by atoms with Crippen molar-refractivity contribution in [3.05, 3.63) is 62.7 Å². The van der Waals surface area contributed by atoms with Crippen LogP contribution < -0.4 is 5.32 Å². The zero-order valence-corrected chi connectivity index (χ0v) is 12.5. The minimum absolute atomic E-state index is 0.0690. The number of hydrogen-bond donors (Lipinski definition) is 1. The average molecular weight is 351 g/mol. The molecule has 0 bridgehead atoms. The minimum atomic E-state index is -0.0690. The van der Waals surface area contributed by atoms with Crippen LogP contribution in [-0.2, 0) is 0 Å². The van der Waals surface area contributed by atoms with Gasteiger partial charge in [-0.15, -0.1) is 0 Å². The third-order valence-electron chi connectivity index (χ3n) is 2.72. The van der Waals surface area contributed by atoms with E-state index in [-0.39, 0.29) is 5.91 Å². The molecule has 0 saturated heterocycles. The lowest BCUT2D eigenvalue weighted by molar-refractivity contribution is 0.102. The van der Waals surface area contributed by atoms with Crippen LogP contribution in [-0.4, -0.2) is 5.91 Å². The molecule has 0 fully saturated rings. The van der Waals surface area contributed by atoms with Crippen molar-refractivity contribution in [2.24, 2.45) is 0 Å². The molecule has 0 saturated carbocycles. The Balaban J connectivity index is 2.21. The molecule has 2 nitrogen and oxygen atoms in total. The number of benzene rings is 2. The normalized spacial score (nSPS) is 10.2. The summed E-state index contributed by atoms with van der Waals surface area (Å²) in [5.74, 6) is -0.0690. The van der Waals surface area contributed by atoms with Gasteiger partial charge in [0.15, 0.2) is 0 Å². The Morgan fingerprint density at radius 2 is 1.89 bits per heavy atom. The highest BCUT2D eigenvalue weighted by Crippen LogP contribution is 2.17. The third-order valence-corrected chi connectivity index (χ3v) is 3.39. The van der Waals surface area contributed by atoms with Gasteiger partial charge in [0.05, 0.1) is 0 Å². The summed E-state index contributed by atoms with van der Waals surface area (Å²) in [4.78, 5) is 12.1. The maximum absolute atomic E-state index is 12.1. The molecule has 0 spiro atoms. The Bertz CT molecular complexity index is 593. The lowest BCUT2D eigenvalue weighted by atomic mass is 10.1. The van der Waals surface area contributed by atoms with E-state index in [2.05, 4.69) is 34.0 Å². The summed E-state index contributed by atoms with van der Waals surface area (Å²) in [6, 6.07) is 13.5. The van der Waals surface area contributed by atoms with E-state index in [0.717, 1.165) is 14.8 Å². The molecule has 18 heavy (non-hydrogen) atoms. The number of aryl methyl sites for hydroxylation is 2. The van der Waals surface area contributed by atoms with Gasteiger partial charge in [-0.05, 0) is 66.3 Å². The van der Waals surface area contributed by atoms with E-state index in [4.69, 9.17) is 0 Å². The molecule has 0 aliphatic rings. The monoisotopic (exact) mass is 351 g/mol. The second-order valence-corrected chi connectivity index (χ2v) is 5.53. The largest absolute Gasteiger partial charge is 0.322 e. The van der Waals surface area contributed by atoms with Gasteiger partial charge < -0.3 is 5.32 Å². The summed E-state index contributed by atoms with van der Waals surface area (Å²) < 4.78 is 1.06. The standard InChI is InChI=1S/C15H14INO/c1-10-6-7-14(11(2)8-10)17-15(18)12-4-3-5-13(16)9-12/h3-9H,1-2H3,(H,17,18). The highest BCUT2D eigenvalue weighted by Gasteiger charge is 2.07. The van der Waals surface area contributed by atoms with E-state index < -0.39 is 0 Å². The quantitative estimate of drug-likeness (QED) is 0.809. The van der Waals surface area contributed by atoms with Crippen LogP contribution in [0.1, 0.15) is 21.5 Å². The molecule has 2 aromatic carbocycles. The number of rotatable bonds is 2. The Morgan fingerprint density at radius 1 is 1.11 bits per heavy atom. The molecular weight excluding hydrogens is 337 g/mol. The van der Waals surface area contributed by atoms with Crippen LogP contribution in [0, 0.1) is 17.4 Å². The fourth-order valence-corrected chi connectivity index (χ4v) is 2.32. The predicted octanol–water partition coefficient (Wildman–Crippen LogP) is 4.16. The zero-order chi connectivity index (χ0) is 13.1. The summed E-state index contributed by atoms with van der Waals surface area (Å²) in [6.07, 6.45) is 0. The fourth-order valence-electron chi connectivity index (χ4n) is 1.78. The molecule has 0 heterocycles. The number of hydrogen-bond acceptors (Lipinski definition) is 1. The topological polar surface area (TPSA) is 29.1 Å². The predicted molar refractivity (Wildman–Crippen MR) is 83.0 cm³/mol. The fraction of sp³-hybridized carbons (Fsp3) is 0.133. The first-order chi connectivity index (χ1) is 8.56. The van der Waals surface area contributed by atoms with Crippen molar-refractivity contribution in [1.29, 1.82) is 0 Å². The molecule has 1 amide bonds. The summed E-state index contributed by atoms with van der Waals surface area (Å²) in [6.45, 7) is 4.04. The summed E-state index contributed by atoms with van der Waals surface area (Å²) in [5, 5.41) is 2.94. The van der Waals surface area contributed by atoms with Crippen molar-refractivity contribution in [2.45, 2.75) is 13.8 Å². The molecule has 0 aliphatic heterocycles. The Labute approximate surface area is 121 Å². The van der Waals surface area contributed by atoms with E-state index in [1.54, 1.807) is 0 Å². The maximum atomic E-state index is 12.1. The van der Waals surface area contributed by atoms with Crippen LogP contribution in [0.3, 0.4) is 0 Å². The van der Waals surface area contributed by atoms with Crippen molar-refractivity contribution in [3.8, 4) is 0 Å². The smallest absolute Gasteiger partial charge is 0.255 e. The molecule has 3 heteroatoms. The SMILES string of the molecule is Cc1ccc(NC(=O)c2cccc(I)c2)c(C)c1. The Hall–Kier alpha value is -1.36. The summed E-state index contributed by atoms with van der Waals surface area (Å²) in [7, 11) is 0. The number of carbonyl (C=O) groups is 1. The van der Waals surface area contributed by atoms with Gasteiger partial charge in [-0.3, -0.25) is 4.79 Å². The first-order valence-corrected chi connectivity index (χ1v) is 6.78. The van der Waals surface area contributed by atoms with Gasteiger partial charge in [-0.1, -0.05) is 23.8 Å². The van der Waals surface area contributed by atoms with Gasteiger partial charge >= 0.3 is 0 Å². The molecule has 0 atom stereocenters. The maximum Gasteiger partial charge on any atom is 0.255 e. The van der Waals surface area contributed by atoms with E-state index >= 15 is 0 Å². The van der Waals surface area contributed by atoms with E-state index in [0.29, 0.717) is 5.56 Å². The molecule has 0 aromatic heterocycles. The molecule has 2 aromatic rings.